The standard InChI is InChI=1S/C15H16FN5O/c1-2-11(8-22)20-14-13-7-19-21(15(13)18-9-17-14)12-5-3-4-10(16)6-12/h3-7,9,11,22H,2,8H2,1H3,(H,17,18,20). The van der Waals surface area contributed by atoms with Crippen molar-refractivity contribution in [2.75, 3.05) is 11.9 Å². The van der Waals surface area contributed by atoms with Crippen LogP contribution in [0.4, 0.5) is 10.2 Å². The molecule has 0 radical (unpaired) electrons. The number of halogens is 1. The molecule has 0 amide bonds. The van der Waals surface area contributed by atoms with E-state index in [9.17, 15) is 9.50 Å². The van der Waals surface area contributed by atoms with Gasteiger partial charge in [-0.2, -0.15) is 5.10 Å². The third-order valence-corrected chi connectivity index (χ3v) is 3.47. The van der Waals surface area contributed by atoms with Crippen LogP contribution in [0.25, 0.3) is 16.7 Å². The second kappa shape index (κ2) is 6.07. The first kappa shape index (κ1) is 14.4. The van der Waals surface area contributed by atoms with Gasteiger partial charge in [-0.15, -0.1) is 0 Å². The molecule has 22 heavy (non-hydrogen) atoms. The first-order chi connectivity index (χ1) is 10.7. The van der Waals surface area contributed by atoms with Gasteiger partial charge in [0.1, 0.15) is 18.0 Å². The van der Waals surface area contributed by atoms with E-state index in [1.165, 1.54) is 18.5 Å². The van der Waals surface area contributed by atoms with Crippen molar-refractivity contribution in [3.8, 4) is 5.69 Å². The number of fused-ring (bicyclic) bond motifs is 1. The summed E-state index contributed by atoms with van der Waals surface area (Å²) < 4.78 is 14.9. The molecular weight excluding hydrogens is 285 g/mol. The fraction of sp³-hybridized carbons (Fsp3) is 0.267. The van der Waals surface area contributed by atoms with Crippen molar-refractivity contribution >= 4 is 16.9 Å². The molecule has 114 valence electrons. The molecule has 0 aliphatic heterocycles. The van der Waals surface area contributed by atoms with E-state index in [4.69, 9.17) is 0 Å². The van der Waals surface area contributed by atoms with Crippen LogP contribution < -0.4 is 5.32 Å². The predicted molar refractivity (Wildman–Crippen MR) is 81.4 cm³/mol. The van der Waals surface area contributed by atoms with Gasteiger partial charge in [0.15, 0.2) is 5.65 Å². The zero-order valence-electron chi connectivity index (χ0n) is 12.1. The Morgan fingerprint density at radius 2 is 2.23 bits per heavy atom. The second-order valence-electron chi connectivity index (χ2n) is 4.93. The highest BCUT2D eigenvalue weighted by Crippen LogP contribution is 2.22. The Hall–Kier alpha value is -2.54. The number of nitrogens with one attached hydrogen (secondary N) is 1. The Balaban J connectivity index is 2.05. The van der Waals surface area contributed by atoms with Gasteiger partial charge >= 0.3 is 0 Å². The van der Waals surface area contributed by atoms with Crippen LogP contribution in [0.2, 0.25) is 0 Å². The van der Waals surface area contributed by atoms with E-state index < -0.39 is 0 Å². The van der Waals surface area contributed by atoms with E-state index in [2.05, 4.69) is 20.4 Å². The van der Waals surface area contributed by atoms with Gasteiger partial charge in [-0.05, 0) is 24.6 Å². The Kier molecular flexibility index (Phi) is 3.97. The van der Waals surface area contributed by atoms with Crippen molar-refractivity contribution in [1.29, 1.82) is 0 Å². The van der Waals surface area contributed by atoms with Crippen LogP contribution in [0.3, 0.4) is 0 Å². The van der Waals surface area contributed by atoms with Crippen molar-refractivity contribution < 1.29 is 9.50 Å². The normalized spacial score (nSPS) is 12.5. The molecule has 1 aromatic carbocycles. The highest BCUT2D eigenvalue weighted by Gasteiger charge is 2.13. The highest BCUT2D eigenvalue weighted by atomic mass is 19.1. The smallest absolute Gasteiger partial charge is 0.168 e. The van der Waals surface area contributed by atoms with Crippen LogP contribution in [-0.4, -0.2) is 37.5 Å². The Morgan fingerprint density at radius 3 is 2.95 bits per heavy atom. The van der Waals surface area contributed by atoms with Gasteiger partial charge in [-0.25, -0.2) is 19.0 Å². The monoisotopic (exact) mass is 301 g/mol. The topological polar surface area (TPSA) is 75.9 Å². The third kappa shape index (κ3) is 2.62. The largest absolute Gasteiger partial charge is 0.394 e. The maximum absolute atomic E-state index is 13.4. The number of anilines is 1. The average molecular weight is 301 g/mol. The maximum atomic E-state index is 13.4. The molecular formula is C15H16FN5O. The number of hydrogen-bond acceptors (Lipinski definition) is 5. The lowest BCUT2D eigenvalue weighted by Gasteiger charge is -2.14. The molecule has 2 aromatic heterocycles. The number of benzene rings is 1. The van der Waals surface area contributed by atoms with Gasteiger partial charge in [-0.1, -0.05) is 13.0 Å². The summed E-state index contributed by atoms with van der Waals surface area (Å²) in [6.07, 6.45) is 3.82. The Morgan fingerprint density at radius 1 is 1.36 bits per heavy atom. The summed E-state index contributed by atoms with van der Waals surface area (Å²) in [7, 11) is 0. The predicted octanol–water partition coefficient (Wildman–Crippen LogP) is 2.14. The molecule has 7 heteroatoms. The highest BCUT2D eigenvalue weighted by molar-refractivity contribution is 5.87. The number of aromatic nitrogens is 4. The minimum atomic E-state index is -0.333. The summed E-state index contributed by atoms with van der Waals surface area (Å²) >= 11 is 0. The lowest BCUT2D eigenvalue weighted by Crippen LogP contribution is -2.23. The van der Waals surface area contributed by atoms with Gasteiger partial charge in [0.25, 0.3) is 0 Å². The number of rotatable bonds is 5. The summed E-state index contributed by atoms with van der Waals surface area (Å²) in [5, 5.41) is 17.5. The lowest BCUT2D eigenvalue weighted by molar-refractivity contribution is 0.271. The fourth-order valence-corrected chi connectivity index (χ4v) is 2.23. The Bertz CT molecular complexity index is 784. The van der Waals surface area contributed by atoms with E-state index in [1.807, 2.05) is 6.92 Å². The minimum absolute atomic E-state index is 0.0139. The van der Waals surface area contributed by atoms with Crippen molar-refractivity contribution in [3.05, 3.63) is 42.6 Å². The van der Waals surface area contributed by atoms with Crippen LogP contribution in [0.5, 0.6) is 0 Å². The van der Waals surface area contributed by atoms with Crippen LogP contribution in [-0.2, 0) is 0 Å². The molecule has 0 aliphatic carbocycles. The molecule has 1 atom stereocenters. The van der Waals surface area contributed by atoms with Gasteiger partial charge in [0.05, 0.1) is 29.9 Å². The molecule has 0 saturated heterocycles. The van der Waals surface area contributed by atoms with Crippen LogP contribution in [0.1, 0.15) is 13.3 Å². The van der Waals surface area contributed by atoms with Crippen LogP contribution >= 0.6 is 0 Å². The van der Waals surface area contributed by atoms with Gasteiger partial charge in [-0.3, -0.25) is 0 Å². The van der Waals surface area contributed by atoms with Crippen molar-refractivity contribution in [1.82, 2.24) is 19.7 Å². The van der Waals surface area contributed by atoms with E-state index >= 15 is 0 Å². The van der Waals surface area contributed by atoms with E-state index in [-0.39, 0.29) is 18.5 Å². The molecule has 0 bridgehead atoms. The zero-order chi connectivity index (χ0) is 15.5. The maximum Gasteiger partial charge on any atom is 0.168 e. The molecule has 3 rings (SSSR count). The molecule has 6 nitrogen and oxygen atoms in total. The van der Waals surface area contributed by atoms with Crippen molar-refractivity contribution in [3.63, 3.8) is 0 Å². The number of aliphatic hydroxyl groups is 1. The third-order valence-electron chi connectivity index (χ3n) is 3.47. The molecule has 0 saturated carbocycles. The Labute approximate surface area is 126 Å². The molecule has 3 aromatic rings. The lowest BCUT2D eigenvalue weighted by atomic mass is 10.2. The number of aliphatic hydroxyl groups excluding tert-OH is 1. The van der Waals surface area contributed by atoms with Gasteiger partial charge in [0, 0.05) is 0 Å². The fourth-order valence-electron chi connectivity index (χ4n) is 2.23. The van der Waals surface area contributed by atoms with Crippen molar-refractivity contribution in [2.45, 2.75) is 19.4 Å². The van der Waals surface area contributed by atoms with Crippen LogP contribution in [0, 0.1) is 5.82 Å². The summed E-state index contributed by atoms with van der Waals surface area (Å²) in [4.78, 5) is 8.44. The first-order valence-electron chi connectivity index (χ1n) is 7.05. The molecule has 2 heterocycles. The van der Waals surface area contributed by atoms with E-state index in [0.717, 1.165) is 11.8 Å². The molecule has 0 fully saturated rings. The van der Waals surface area contributed by atoms with Crippen LogP contribution in [0.15, 0.2) is 36.8 Å². The number of hydrogen-bond donors (Lipinski definition) is 2. The van der Waals surface area contributed by atoms with Gasteiger partial charge < -0.3 is 10.4 Å². The number of nitrogens with zero attached hydrogens (tertiary/aromatic N) is 4. The second-order valence-corrected chi connectivity index (χ2v) is 4.93. The minimum Gasteiger partial charge on any atom is -0.394 e. The van der Waals surface area contributed by atoms with Crippen molar-refractivity contribution in [2.24, 2.45) is 0 Å². The summed E-state index contributed by atoms with van der Waals surface area (Å²) in [5.41, 5.74) is 1.17. The molecule has 0 spiro atoms. The zero-order valence-corrected chi connectivity index (χ0v) is 12.1. The SMILES string of the molecule is CCC(CO)Nc1ncnc2c1cnn2-c1cccc(F)c1. The summed E-state index contributed by atoms with van der Waals surface area (Å²) in [6, 6.07) is 6.06. The first-order valence-corrected chi connectivity index (χ1v) is 7.05. The van der Waals surface area contributed by atoms with E-state index in [1.54, 1.807) is 23.0 Å². The van der Waals surface area contributed by atoms with E-state index in [0.29, 0.717) is 17.2 Å². The van der Waals surface area contributed by atoms with Gasteiger partial charge in [0.2, 0.25) is 0 Å². The molecule has 2 N–H and O–H groups in total. The quantitative estimate of drug-likeness (QED) is 0.755. The summed E-state index contributed by atoms with van der Waals surface area (Å²) in [6.45, 7) is 1.99. The average Bonchev–Trinajstić information content (AvgIpc) is 2.97. The molecule has 1 unspecified atom stereocenters. The molecule has 0 aliphatic rings. The summed E-state index contributed by atoms with van der Waals surface area (Å²) in [5.74, 6) is 0.272.